The van der Waals surface area contributed by atoms with Crippen LogP contribution in [0.1, 0.15) is 42.0 Å². The van der Waals surface area contributed by atoms with Crippen LogP contribution in [0.4, 0.5) is 5.69 Å². The summed E-state index contributed by atoms with van der Waals surface area (Å²) in [5, 5.41) is 9.43. The lowest BCUT2D eigenvalue weighted by atomic mass is 10.2. The summed E-state index contributed by atoms with van der Waals surface area (Å²) < 4.78 is 5.30. The van der Waals surface area contributed by atoms with E-state index < -0.39 is 12.1 Å². The Labute approximate surface area is 132 Å². The van der Waals surface area contributed by atoms with Crippen LogP contribution in [0.15, 0.2) is 18.2 Å². The van der Waals surface area contributed by atoms with Crippen LogP contribution in [-0.2, 0) is 9.53 Å². The van der Waals surface area contributed by atoms with Crippen LogP contribution >= 0.6 is 11.6 Å². The maximum absolute atomic E-state index is 12.2. The first-order valence-corrected chi connectivity index (χ1v) is 6.91. The molecule has 1 unspecified atom stereocenters. The molecule has 0 fully saturated rings. The minimum atomic E-state index is -0.627. The zero-order valence-corrected chi connectivity index (χ0v) is 13.1. The minimum absolute atomic E-state index is 0.159. The number of carbonyl (C=O) groups excluding carboxylic acids is 2. The summed E-state index contributed by atoms with van der Waals surface area (Å²) in [6, 6.07) is 4.58. The summed E-state index contributed by atoms with van der Waals surface area (Å²) in [6.07, 6.45) is -0.627. The molecule has 22 heavy (non-hydrogen) atoms. The Bertz CT molecular complexity index is 714. The maximum Gasteiger partial charge on any atom is 0.340 e. The van der Waals surface area contributed by atoms with E-state index in [9.17, 15) is 9.59 Å². The predicted octanol–water partition coefficient (Wildman–Crippen LogP) is 2.64. The van der Waals surface area contributed by atoms with Crippen LogP contribution in [0.5, 0.6) is 0 Å². The van der Waals surface area contributed by atoms with Gasteiger partial charge in [0.1, 0.15) is 5.82 Å². The number of H-pyrrole nitrogens is 1. The fourth-order valence-corrected chi connectivity index (χ4v) is 1.98. The molecule has 1 amide bonds. The van der Waals surface area contributed by atoms with E-state index in [2.05, 4.69) is 20.5 Å². The molecule has 0 spiro atoms. The van der Waals surface area contributed by atoms with Gasteiger partial charge >= 0.3 is 5.97 Å². The van der Waals surface area contributed by atoms with Crippen LogP contribution in [0.2, 0.25) is 5.02 Å². The Hall–Kier alpha value is -2.41. The van der Waals surface area contributed by atoms with Crippen molar-refractivity contribution in [1.29, 1.82) is 0 Å². The SMILES string of the molecule is CC(=O)Nc1ccc(Cl)c(C(=O)OC(C)c2n[nH]c(C)n2)c1. The summed E-state index contributed by atoms with van der Waals surface area (Å²) in [7, 11) is 0. The molecule has 0 aliphatic carbocycles. The number of hydrogen-bond acceptors (Lipinski definition) is 5. The molecular formula is C14H15ClN4O3. The lowest BCUT2D eigenvalue weighted by Crippen LogP contribution is -2.12. The number of benzene rings is 1. The molecule has 7 nitrogen and oxygen atoms in total. The van der Waals surface area contributed by atoms with E-state index in [0.29, 0.717) is 17.3 Å². The van der Waals surface area contributed by atoms with Crippen LogP contribution < -0.4 is 5.32 Å². The summed E-state index contributed by atoms with van der Waals surface area (Å²) in [6.45, 7) is 4.78. The molecule has 0 bridgehead atoms. The Morgan fingerprint density at radius 2 is 2.14 bits per heavy atom. The smallest absolute Gasteiger partial charge is 0.340 e. The number of aromatic nitrogens is 3. The third-order valence-electron chi connectivity index (χ3n) is 2.77. The molecule has 1 aromatic carbocycles. The Balaban J connectivity index is 2.16. The van der Waals surface area contributed by atoms with E-state index >= 15 is 0 Å². The van der Waals surface area contributed by atoms with Gasteiger partial charge in [-0.25, -0.2) is 9.78 Å². The van der Waals surface area contributed by atoms with Gasteiger partial charge in [-0.3, -0.25) is 9.89 Å². The molecule has 1 aromatic heterocycles. The molecule has 2 rings (SSSR count). The highest BCUT2D eigenvalue weighted by molar-refractivity contribution is 6.33. The lowest BCUT2D eigenvalue weighted by Gasteiger charge is -2.12. The van der Waals surface area contributed by atoms with Crippen LogP contribution in [0, 0.1) is 6.92 Å². The number of anilines is 1. The molecular weight excluding hydrogens is 308 g/mol. The van der Waals surface area contributed by atoms with Crippen molar-refractivity contribution in [1.82, 2.24) is 15.2 Å². The second kappa shape index (κ2) is 6.57. The first kappa shape index (κ1) is 16.0. The third kappa shape index (κ3) is 3.82. The molecule has 0 aliphatic rings. The Morgan fingerprint density at radius 1 is 1.41 bits per heavy atom. The molecule has 0 aliphatic heterocycles. The maximum atomic E-state index is 12.2. The van der Waals surface area contributed by atoms with Gasteiger partial charge in [-0.15, -0.1) is 0 Å². The summed E-state index contributed by atoms with van der Waals surface area (Å²) in [4.78, 5) is 27.4. The van der Waals surface area contributed by atoms with Gasteiger partial charge in [-0.1, -0.05) is 11.6 Å². The van der Waals surface area contributed by atoms with E-state index in [0.717, 1.165) is 0 Å². The van der Waals surface area contributed by atoms with Gasteiger partial charge in [0.05, 0.1) is 10.6 Å². The Kier molecular flexibility index (Phi) is 4.77. The van der Waals surface area contributed by atoms with Gasteiger partial charge < -0.3 is 10.1 Å². The zero-order chi connectivity index (χ0) is 16.3. The molecule has 116 valence electrons. The fourth-order valence-electron chi connectivity index (χ4n) is 1.78. The molecule has 1 atom stereocenters. The van der Waals surface area contributed by atoms with Crippen LogP contribution in [0.3, 0.4) is 0 Å². The summed E-state index contributed by atoms with van der Waals surface area (Å²) >= 11 is 6.01. The molecule has 0 radical (unpaired) electrons. The van der Waals surface area contributed by atoms with Crippen molar-refractivity contribution < 1.29 is 14.3 Å². The number of rotatable bonds is 4. The van der Waals surface area contributed by atoms with E-state index in [4.69, 9.17) is 16.3 Å². The van der Waals surface area contributed by atoms with E-state index in [1.165, 1.54) is 19.1 Å². The zero-order valence-electron chi connectivity index (χ0n) is 12.3. The number of amides is 1. The van der Waals surface area contributed by atoms with E-state index in [1.807, 2.05) is 0 Å². The van der Waals surface area contributed by atoms with Crippen molar-refractivity contribution in [2.24, 2.45) is 0 Å². The van der Waals surface area contributed by atoms with Crippen molar-refractivity contribution in [2.45, 2.75) is 26.9 Å². The summed E-state index contributed by atoms with van der Waals surface area (Å²) in [5.74, 6) is 0.141. The lowest BCUT2D eigenvalue weighted by molar-refractivity contribution is -0.114. The number of nitrogens with one attached hydrogen (secondary N) is 2. The number of esters is 1. The predicted molar refractivity (Wildman–Crippen MR) is 80.7 cm³/mol. The van der Waals surface area contributed by atoms with Crippen molar-refractivity contribution >= 4 is 29.2 Å². The van der Waals surface area contributed by atoms with Gasteiger partial charge in [0, 0.05) is 12.6 Å². The van der Waals surface area contributed by atoms with Crippen molar-refractivity contribution in [3.63, 3.8) is 0 Å². The number of halogens is 1. The van der Waals surface area contributed by atoms with E-state index in [-0.39, 0.29) is 16.5 Å². The third-order valence-corrected chi connectivity index (χ3v) is 3.10. The van der Waals surface area contributed by atoms with Crippen molar-refractivity contribution in [3.05, 3.63) is 40.4 Å². The van der Waals surface area contributed by atoms with Gasteiger partial charge in [-0.2, -0.15) is 5.10 Å². The highest BCUT2D eigenvalue weighted by atomic mass is 35.5. The molecule has 2 aromatic rings. The molecule has 0 saturated carbocycles. The highest BCUT2D eigenvalue weighted by Gasteiger charge is 2.19. The van der Waals surface area contributed by atoms with Crippen LogP contribution in [-0.4, -0.2) is 27.1 Å². The highest BCUT2D eigenvalue weighted by Crippen LogP contribution is 2.24. The average molecular weight is 323 g/mol. The minimum Gasteiger partial charge on any atom is -0.451 e. The second-order valence-corrected chi connectivity index (χ2v) is 5.11. The molecule has 1 heterocycles. The number of aryl methyl sites for hydroxylation is 1. The number of carbonyl (C=O) groups is 2. The average Bonchev–Trinajstić information content (AvgIpc) is 2.87. The summed E-state index contributed by atoms with van der Waals surface area (Å²) in [5.41, 5.74) is 0.622. The standard InChI is InChI=1S/C14H15ClN4O3/c1-7(13-16-8(2)18-19-13)22-14(21)11-6-10(17-9(3)20)4-5-12(11)15/h4-7H,1-3H3,(H,17,20)(H,16,18,19). The van der Waals surface area contributed by atoms with Crippen LogP contribution in [0.25, 0.3) is 0 Å². The van der Waals surface area contributed by atoms with Crippen molar-refractivity contribution in [2.75, 3.05) is 5.32 Å². The molecule has 0 saturated heterocycles. The monoisotopic (exact) mass is 322 g/mol. The fraction of sp³-hybridized carbons (Fsp3) is 0.286. The molecule has 8 heteroatoms. The second-order valence-electron chi connectivity index (χ2n) is 4.70. The number of nitrogens with zero attached hydrogens (tertiary/aromatic N) is 2. The van der Waals surface area contributed by atoms with E-state index in [1.54, 1.807) is 19.9 Å². The normalized spacial score (nSPS) is 11.8. The number of aromatic amines is 1. The first-order valence-electron chi connectivity index (χ1n) is 6.54. The van der Waals surface area contributed by atoms with Gasteiger partial charge in [0.15, 0.2) is 11.9 Å². The number of hydrogen-bond donors (Lipinski definition) is 2. The largest absolute Gasteiger partial charge is 0.451 e. The van der Waals surface area contributed by atoms with Gasteiger partial charge in [0.25, 0.3) is 0 Å². The first-order chi connectivity index (χ1) is 10.4. The van der Waals surface area contributed by atoms with Gasteiger partial charge in [-0.05, 0) is 32.0 Å². The number of ether oxygens (including phenoxy) is 1. The molecule has 2 N–H and O–H groups in total. The Morgan fingerprint density at radius 3 is 2.73 bits per heavy atom. The van der Waals surface area contributed by atoms with Crippen molar-refractivity contribution in [3.8, 4) is 0 Å². The quantitative estimate of drug-likeness (QED) is 0.843. The van der Waals surface area contributed by atoms with Gasteiger partial charge in [0.2, 0.25) is 5.91 Å². The topological polar surface area (TPSA) is 97.0 Å².